The molecule has 3 rings (SSSR count). The van der Waals surface area contributed by atoms with Gasteiger partial charge in [-0.15, -0.1) is 0 Å². The fourth-order valence-electron chi connectivity index (χ4n) is 2.48. The molecule has 1 aliphatic heterocycles. The van der Waals surface area contributed by atoms with Crippen molar-refractivity contribution in [3.05, 3.63) is 56.5 Å². The van der Waals surface area contributed by atoms with Gasteiger partial charge in [0.15, 0.2) is 0 Å². The van der Waals surface area contributed by atoms with Crippen LogP contribution >= 0.6 is 31.9 Å². The molecule has 1 N–H and O–H groups in total. The van der Waals surface area contributed by atoms with Crippen LogP contribution in [0, 0.1) is 6.92 Å². The van der Waals surface area contributed by atoms with Gasteiger partial charge in [-0.25, -0.2) is 0 Å². The molecule has 0 radical (unpaired) electrons. The van der Waals surface area contributed by atoms with Gasteiger partial charge in [-0.05, 0) is 47.1 Å². The molecular formula is C17H12Br2N2O3. The molecule has 0 aromatic heterocycles. The lowest BCUT2D eigenvalue weighted by Crippen LogP contribution is -2.37. The molecule has 0 spiro atoms. The molecule has 0 bridgehead atoms. The van der Waals surface area contributed by atoms with E-state index >= 15 is 0 Å². The predicted octanol–water partition coefficient (Wildman–Crippen LogP) is 3.69. The molecule has 1 heterocycles. The normalized spacial score (nSPS) is 13.2. The Bertz CT molecular complexity index is 863. The quantitative estimate of drug-likeness (QED) is 0.723. The van der Waals surface area contributed by atoms with Crippen molar-refractivity contribution in [2.45, 2.75) is 6.92 Å². The number of benzene rings is 2. The number of halogens is 2. The molecule has 122 valence electrons. The van der Waals surface area contributed by atoms with Gasteiger partial charge in [-0.3, -0.25) is 19.3 Å². The van der Waals surface area contributed by atoms with Crippen molar-refractivity contribution in [3.8, 4) is 0 Å². The summed E-state index contributed by atoms with van der Waals surface area (Å²) in [7, 11) is 0. The summed E-state index contributed by atoms with van der Waals surface area (Å²) < 4.78 is 1.26. The minimum Gasteiger partial charge on any atom is -0.325 e. The maximum Gasteiger partial charge on any atom is 0.299 e. The summed E-state index contributed by atoms with van der Waals surface area (Å²) in [4.78, 5) is 37.8. The van der Waals surface area contributed by atoms with Gasteiger partial charge in [0.25, 0.3) is 11.7 Å². The number of aryl methyl sites for hydroxylation is 1. The van der Waals surface area contributed by atoms with E-state index in [0.29, 0.717) is 20.3 Å². The molecule has 24 heavy (non-hydrogen) atoms. The third-order valence-electron chi connectivity index (χ3n) is 3.62. The first-order chi connectivity index (χ1) is 11.4. The fraction of sp³-hybridized carbons (Fsp3) is 0.118. The molecule has 2 amide bonds. The molecule has 2 aromatic carbocycles. The van der Waals surface area contributed by atoms with Gasteiger partial charge >= 0.3 is 0 Å². The van der Waals surface area contributed by atoms with Crippen LogP contribution in [0.25, 0.3) is 0 Å². The molecule has 1 aliphatic rings. The molecular weight excluding hydrogens is 440 g/mol. The van der Waals surface area contributed by atoms with E-state index in [2.05, 4.69) is 37.2 Å². The van der Waals surface area contributed by atoms with E-state index in [1.807, 2.05) is 19.1 Å². The van der Waals surface area contributed by atoms with Crippen molar-refractivity contribution in [1.82, 2.24) is 0 Å². The average molecular weight is 452 g/mol. The highest BCUT2D eigenvalue weighted by atomic mass is 79.9. The Hall–Kier alpha value is -1.99. The second kappa shape index (κ2) is 6.49. The zero-order valence-electron chi connectivity index (χ0n) is 12.6. The summed E-state index contributed by atoms with van der Waals surface area (Å²) in [6.07, 6.45) is 0. The highest BCUT2D eigenvalue weighted by Crippen LogP contribution is 2.38. The fourth-order valence-corrected chi connectivity index (χ4v) is 3.92. The summed E-state index contributed by atoms with van der Waals surface area (Å²) in [5, 5.41) is 2.72. The predicted molar refractivity (Wildman–Crippen MR) is 98.3 cm³/mol. The number of carbonyl (C=O) groups excluding carboxylic acids is 3. The van der Waals surface area contributed by atoms with Crippen LogP contribution in [-0.4, -0.2) is 24.1 Å². The van der Waals surface area contributed by atoms with E-state index in [1.165, 1.54) is 4.90 Å². The summed E-state index contributed by atoms with van der Waals surface area (Å²) in [5.41, 5.74) is 2.42. The van der Waals surface area contributed by atoms with Crippen LogP contribution in [0.1, 0.15) is 15.9 Å². The number of Topliss-reactive ketones (excluding diaryl/α,β-unsaturated/α-hetero) is 1. The number of nitrogens with zero attached hydrogens (tertiary/aromatic N) is 1. The third-order valence-corrected chi connectivity index (χ3v) is 4.68. The van der Waals surface area contributed by atoms with Crippen molar-refractivity contribution in [2.24, 2.45) is 0 Å². The van der Waals surface area contributed by atoms with E-state index in [4.69, 9.17) is 0 Å². The monoisotopic (exact) mass is 450 g/mol. The number of hydrogen-bond donors (Lipinski definition) is 1. The smallest absolute Gasteiger partial charge is 0.299 e. The van der Waals surface area contributed by atoms with Crippen LogP contribution < -0.4 is 10.2 Å². The van der Waals surface area contributed by atoms with E-state index < -0.39 is 11.7 Å². The second-order valence-corrected chi connectivity index (χ2v) is 7.19. The number of carbonyl (C=O) groups is 3. The van der Waals surface area contributed by atoms with Gasteiger partial charge in [0, 0.05) is 14.6 Å². The van der Waals surface area contributed by atoms with Gasteiger partial charge in [0.2, 0.25) is 5.91 Å². The van der Waals surface area contributed by atoms with E-state index in [0.717, 1.165) is 5.56 Å². The highest BCUT2D eigenvalue weighted by Gasteiger charge is 2.38. The lowest BCUT2D eigenvalue weighted by Gasteiger charge is -2.17. The topological polar surface area (TPSA) is 66.5 Å². The van der Waals surface area contributed by atoms with Crippen LogP contribution in [0.15, 0.2) is 45.3 Å². The first-order valence-electron chi connectivity index (χ1n) is 7.08. The van der Waals surface area contributed by atoms with Gasteiger partial charge in [0.1, 0.15) is 6.54 Å². The summed E-state index contributed by atoms with van der Waals surface area (Å²) in [5.74, 6) is -1.69. The molecule has 0 fully saturated rings. The van der Waals surface area contributed by atoms with Crippen molar-refractivity contribution in [1.29, 1.82) is 0 Å². The molecule has 0 saturated heterocycles. The highest BCUT2D eigenvalue weighted by molar-refractivity contribution is 9.11. The van der Waals surface area contributed by atoms with Crippen LogP contribution in [0.4, 0.5) is 11.4 Å². The van der Waals surface area contributed by atoms with Crippen LogP contribution in [0.5, 0.6) is 0 Å². The third kappa shape index (κ3) is 3.14. The lowest BCUT2D eigenvalue weighted by molar-refractivity contribution is -0.118. The summed E-state index contributed by atoms with van der Waals surface area (Å²) in [6.45, 7) is 1.72. The maximum atomic E-state index is 12.3. The van der Waals surface area contributed by atoms with Gasteiger partial charge in [-0.2, -0.15) is 0 Å². The second-order valence-electron chi connectivity index (χ2n) is 5.42. The van der Waals surface area contributed by atoms with Gasteiger partial charge in [0.05, 0.1) is 11.3 Å². The number of hydrogen-bond acceptors (Lipinski definition) is 3. The van der Waals surface area contributed by atoms with Gasteiger partial charge < -0.3 is 5.32 Å². The SMILES string of the molecule is Cc1ccc(NC(=O)CN2C(=O)C(=O)c3cc(Br)cc(Br)c32)cc1. The standard InChI is InChI=1S/C17H12Br2N2O3/c1-9-2-4-11(5-3-9)20-14(22)8-21-15-12(16(23)17(21)24)6-10(18)7-13(15)19/h2-7H,8H2,1H3,(H,20,22). The number of fused-ring (bicyclic) bond motifs is 1. The van der Waals surface area contributed by atoms with Crippen LogP contribution in [-0.2, 0) is 9.59 Å². The Morgan fingerprint density at radius 1 is 1.12 bits per heavy atom. The Morgan fingerprint density at radius 2 is 1.79 bits per heavy atom. The Kier molecular flexibility index (Phi) is 4.56. The Labute approximate surface area is 155 Å². The average Bonchev–Trinajstić information content (AvgIpc) is 2.75. The molecule has 0 atom stereocenters. The first kappa shape index (κ1) is 16.9. The molecule has 0 saturated carbocycles. The number of anilines is 2. The number of nitrogens with one attached hydrogen (secondary N) is 1. The van der Waals surface area contributed by atoms with Crippen molar-refractivity contribution in [2.75, 3.05) is 16.8 Å². The Morgan fingerprint density at radius 3 is 2.46 bits per heavy atom. The van der Waals surface area contributed by atoms with E-state index in [1.54, 1.807) is 24.3 Å². The molecule has 7 heteroatoms. The summed E-state index contributed by atoms with van der Waals surface area (Å²) in [6, 6.07) is 10.6. The molecule has 0 aliphatic carbocycles. The van der Waals surface area contributed by atoms with Crippen molar-refractivity contribution >= 4 is 60.8 Å². The zero-order valence-corrected chi connectivity index (χ0v) is 15.8. The minimum absolute atomic E-state index is 0.230. The van der Waals surface area contributed by atoms with E-state index in [9.17, 15) is 14.4 Å². The lowest BCUT2D eigenvalue weighted by atomic mass is 10.1. The molecule has 2 aromatic rings. The molecule has 5 nitrogen and oxygen atoms in total. The number of rotatable bonds is 3. The van der Waals surface area contributed by atoms with Crippen LogP contribution in [0.3, 0.4) is 0 Å². The van der Waals surface area contributed by atoms with E-state index in [-0.39, 0.29) is 18.0 Å². The van der Waals surface area contributed by atoms with Gasteiger partial charge in [-0.1, -0.05) is 33.6 Å². The minimum atomic E-state index is -0.706. The van der Waals surface area contributed by atoms with Crippen molar-refractivity contribution in [3.63, 3.8) is 0 Å². The number of ketones is 1. The van der Waals surface area contributed by atoms with Crippen molar-refractivity contribution < 1.29 is 14.4 Å². The first-order valence-corrected chi connectivity index (χ1v) is 8.67. The zero-order chi connectivity index (χ0) is 17.4. The largest absolute Gasteiger partial charge is 0.325 e. The number of amides is 2. The maximum absolute atomic E-state index is 12.3. The Balaban J connectivity index is 1.83. The molecule has 0 unspecified atom stereocenters. The van der Waals surface area contributed by atoms with Crippen LogP contribution in [0.2, 0.25) is 0 Å². The summed E-state index contributed by atoms with van der Waals surface area (Å²) >= 11 is 6.64.